The first-order chi connectivity index (χ1) is 16.3. The lowest BCUT2D eigenvalue weighted by atomic mass is 10.1. The highest BCUT2D eigenvalue weighted by Crippen LogP contribution is 2.13. The summed E-state index contributed by atoms with van der Waals surface area (Å²) in [4.78, 5) is 29.6. The SMILES string of the molecule is CS(=O)(=O)OCc1cccc(C(=O)C=Cc2ccc(C=CC(=O)NOC3CCCCO3)cc2)c1. The Labute approximate surface area is 199 Å². The van der Waals surface area contributed by atoms with E-state index in [0.29, 0.717) is 17.7 Å². The number of ketones is 1. The molecule has 2 aromatic carbocycles. The first-order valence-corrected chi connectivity index (χ1v) is 12.6. The van der Waals surface area contributed by atoms with Crippen LogP contribution in [0, 0.1) is 0 Å². The Morgan fingerprint density at radius 3 is 2.41 bits per heavy atom. The zero-order chi connectivity index (χ0) is 24.4. The van der Waals surface area contributed by atoms with Gasteiger partial charge in [-0.2, -0.15) is 8.42 Å². The number of hydroxylamine groups is 1. The molecule has 1 atom stereocenters. The second kappa shape index (κ2) is 12.4. The summed E-state index contributed by atoms with van der Waals surface area (Å²) in [6.07, 6.45) is 9.50. The van der Waals surface area contributed by atoms with E-state index in [1.165, 1.54) is 12.2 Å². The van der Waals surface area contributed by atoms with Crippen LogP contribution in [0.15, 0.2) is 60.7 Å². The summed E-state index contributed by atoms with van der Waals surface area (Å²) in [7, 11) is -3.56. The molecule has 1 unspecified atom stereocenters. The topological polar surface area (TPSA) is 108 Å². The molecule has 0 saturated carbocycles. The van der Waals surface area contributed by atoms with Crippen molar-refractivity contribution in [3.63, 3.8) is 0 Å². The largest absolute Gasteiger partial charge is 0.350 e. The molecule has 0 aliphatic carbocycles. The quantitative estimate of drug-likeness (QED) is 0.237. The van der Waals surface area contributed by atoms with E-state index in [1.54, 1.807) is 36.4 Å². The number of hydrogen-bond acceptors (Lipinski definition) is 7. The highest BCUT2D eigenvalue weighted by molar-refractivity contribution is 7.85. The fraction of sp³-hybridized carbons (Fsp3) is 0.280. The van der Waals surface area contributed by atoms with E-state index < -0.39 is 16.4 Å². The molecule has 34 heavy (non-hydrogen) atoms. The van der Waals surface area contributed by atoms with Gasteiger partial charge in [0.05, 0.1) is 12.9 Å². The zero-order valence-electron chi connectivity index (χ0n) is 18.8. The number of carbonyl (C=O) groups is 2. The van der Waals surface area contributed by atoms with Crippen LogP contribution < -0.4 is 5.48 Å². The molecule has 180 valence electrons. The van der Waals surface area contributed by atoms with E-state index >= 15 is 0 Å². The molecular weight excluding hydrogens is 458 g/mol. The van der Waals surface area contributed by atoms with Crippen LogP contribution >= 0.6 is 0 Å². The van der Waals surface area contributed by atoms with Crippen LogP contribution in [-0.2, 0) is 35.3 Å². The van der Waals surface area contributed by atoms with Crippen molar-refractivity contribution >= 4 is 34.0 Å². The average Bonchev–Trinajstić information content (AvgIpc) is 2.84. The zero-order valence-corrected chi connectivity index (χ0v) is 19.6. The number of carbonyl (C=O) groups excluding carboxylic acids is 2. The Hall–Kier alpha value is -3.11. The van der Waals surface area contributed by atoms with E-state index in [4.69, 9.17) is 13.8 Å². The van der Waals surface area contributed by atoms with E-state index in [2.05, 4.69) is 5.48 Å². The van der Waals surface area contributed by atoms with Gasteiger partial charge in [0.15, 0.2) is 12.1 Å². The molecule has 9 heteroatoms. The number of nitrogens with one attached hydrogen (secondary N) is 1. The molecule has 1 aliphatic heterocycles. The van der Waals surface area contributed by atoms with Gasteiger partial charge < -0.3 is 4.74 Å². The van der Waals surface area contributed by atoms with E-state index in [0.717, 1.165) is 36.6 Å². The maximum atomic E-state index is 12.5. The number of ether oxygens (including phenoxy) is 1. The van der Waals surface area contributed by atoms with Crippen LogP contribution in [0.2, 0.25) is 0 Å². The van der Waals surface area contributed by atoms with Crippen molar-refractivity contribution in [3.8, 4) is 0 Å². The summed E-state index contributed by atoms with van der Waals surface area (Å²) in [5.74, 6) is -0.600. The summed E-state index contributed by atoms with van der Waals surface area (Å²) in [6.45, 7) is 0.507. The number of rotatable bonds is 10. The minimum atomic E-state index is -3.56. The van der Waals surface area contributed by atoms with Crippen LogP contribution in [0.3, 0.4) is 0 Å². The monoisotopic (exact) mass is 485 g/mol. The fourth-order valence-electron chi connectivity index (χ4n) is 3.11. The van der Waals surface area contributed by atoms with Crippen molar-refractivity contribution in [3.05, 3.63) is 82.9 Å². The van der Waals surface area contributed by atoms with Crippen LogP contribution in [-0.4, -0.2) is 39.3 Å². The summed E-state index contributed by atoms with van der Waals surface area (Å²) in [5.41, 5.74) is 5.00. The first kappa shape index (κ1) is 25.5. The summed E-state index contributed by atoms with van der Waals surface area (Å²) >= 11 is 0. The highest BCUT2D eigenvalue weighted by atomic mass is 32.2. The first-order valence-electron chi connectivity index (χ1n) is 10.8. The van der Waals surface area contributed by atoms with Gasteiger partial charge in [0.1, 0.15) is 0 Å². The smallest absolute Gasteiger partial charge is 0.267 e. The highest BCUT2D eigenvalue weighted by Gasteiger charge is 2.14. The Bertz CT molecular complexity index is 1150. The summed E-state index contributed by atoms with van der Waals surface area (Å²) < 4.78 is 32.4. The van der Waals surface area contributed by atoms with Crippen LogP contribution in [0.1, 0.15) is 46.3 Å². The van der Waals surface area contributed by atoms with E-state index in [9.17, 15) is 18.0 Å². The second-order valence-corrected chi connectivity index (χ2v) is 9.39. The van der Waals surface area contributed by atoms with Crippen molar-refractivity contribution in [2.24, 2.45) is 0 Å². The van der Waals surface area contributed by atoms with Gasteiger partial charge in [0.25, 0.3) is 16.0 Å². The molecular formula is C25H27NO7S. The maximum absolute atomic E-state index is 12.5. The lowest BCUT2D eigenvalue weighted by molar-refractivity contribution is -0.198. The predicted molar refractivity (Wildman–Crippen MR) is 128 cm³/mol. The van der Waals surface area contributed by atoms with E-state index in [-0.39, 0.29) is 18.3 Å². The third-order valence-electron chi connectivity index (χ3n) is 4.87. The van der Waals surface area contributed by atoms with Crippen molar-refractivity contribution in [2.75, 3.05) is 12.9 Å². The molecule has 3 rings (SSSR count). The summed E-state index contributed by atoms with van der Waals surface area (Å²) in [6, 6.07) is 13.9. The number of hydrogen-bond donors (Lipinski definition) is 1. The fourth-order valence-corrected chi connectivity index (χ4v) is 3.46. The van der Waals surface area contributed by atoms with Gasteiger partial charge in [-0.1, -0.05) is 48.5 Å². The molecule has 0 spiro atoms. The van der Waals surface area contributed by atoms with Gasteiger partial charge in [-0.3, -0.25) is 13.8 Å². The Morgan fingerprint density at radius 1 is 1.06 bits per heavy atom. The van der Waals surface area contributed by atoms with Gasteiger partial charge in [0.2, 0.25) is 0 Å². The third-order valence-corrected chi connectivity index (χ3v) is 5.42. The molecule has 1 N–H and O–H groups in total. The molecule has 0 aromatic heterocycles. The molecule has 1 heterocycles. The maximum Gasteiger partial charge on any atom is 0.267 e. The second-order valence-electron chi connectivity index (χ2n) is 7.74. The van der Waals surface area contributed by atoms with E-state index in [1.807, 2.05) is 24.3 Å². The normalized spacial score (nSPS) is 16.7. The number of amides is 1. The lowest BCUT2D eigenvalue weighted by Crippen LogP contribution is -2.32. The van der Waals surface area contributed by atoms with Gasteiger partial charge in [-0.15, -0.1) is 0 Å². The van der Waals surface area contributed by atoms with Gasteiger partial charge in [0, 0.05) is 24.7 Å². The third kappa shape index (κ3) is 9.03. The van der Waals surface area contributed by atoms with Gasteiger partial charge in [-0.05, 0) is 47.8 Å². The molecule has 2 aromatic rings. The number of benzene rings is 2. The summed E-state index contributed by atoms with van der Waals surface area (Å²) in [5, 5.41) is 0. The molecule has 1 saturated heterocycles. The predicted octanol–water partition coefficient (Wildman–Crippen LogP) is 3.65. The Kier molecular flexibility index (Phi) is 9.29. The van der Waals surface area contributed by atoms with Crippen LogP contribution in [0.4, 0.5) is 0 Å². The van der Waals surface area contributed by atoms with Crippen molar-refractivity contribution in [1.82, 2.24) is 5.48 Å². The molecule has 0 bridgehead atoms. The Balaban J connectivity index is 1.50. The van der Waals surface area contributed by atoms with Crippen molar-refractivity contribution in [2.45, 2.75) is 32.2 Å². The molecule has 8 nitrogen and oxygen atoms in total. The minimum Gasteiger partial charge on any atom is -0.350 e. The van der Waals surface area contributed by atoms with Crippen molar-refractivity contribution in [1.29, 1.82) is 0 Å². The van der Waals surface area contributed by atoms with Crippen molar-refractivity contribution < 1.29 is 31.8 Å². The Morgan fingerprint density at radius 2 is 1.76 bits per heavy atom. The minimum absolute atomic E-state index is 0.128. The average molecular weight is 486 g/mol. The van der Waals surface area contributed by atoms with Gasteiger partial charge in [-0.25, -0.2) is 10.3 Å². The standard InChI is InChI=1S/C25H27NO7S/c1-34(29,30)32-18-21-5-4-6-22(17-21)23(27)14-12-19-8-10-20(11-9-19)13-15-24(28)26-33-25-7-2-3-16-31-25/h4-6,8-15,17,25H,2-3,7,16,18H2,1H3,(H,26,28). The molecule has 1 amide bonds. The van der Waals surface area contributed by atoms with Crippen LogP contribution in [0.5, 0.6) is 0 Å². The van der Waals surface area contributed by atoms with Gasteiger partial charge >= 0.3 is 0 Å². The molecule has 1 aliphatic rings. The number of allylic oxidation sites excluding steroid dienone is 1. The van der Waals surface area contributed by atoms with Crippen LogP contribution in [0.25, 0.3) is 12.2 Å². The molecule has 1 fully saturated rings. The molecule has 0 radical (unpaired) electrons. The lowest BCUT2D eigenvalue weighted by Gasteiger charge is -2.21.